The number of hydrazone groups is 1. The Morgan fingerprint density at radius 2 is 1.84 bits per heavy atom. The van der Waals surface area contributed by atoms with Gasteiger partial charge in [0, 0.05) is 68.4 Å². The van der Waals surface area contributed by atoms with Gasteiger partial charge in [0.1, 0.15) is 0 Å². The first-order valence-electron chi connectivity index (χ1n) is 13.2. The Balaban J connectivity index is 1.15. The molecule has 6 rings (SSSR count). The number of nitrogens with one attached hydrogen (secondary N) is 1. The molecule has 4 aliphatic rings. The molecule has 2 atom stereocenters. The van der Waals surface area contributed by atoms with Gasteiger partial charge in [0.15, 0.2) is 20.7 Å². The Morgan fingerprint density at radius 1 is 1.11 bits per heavy atom. The third-order valence-corrected chi connectivity index (χ3v) is 11.0. The van der Waals surface area contributed by atoms with E-state index in [4.69, 9.17) is 0 Å². The number of rotatable bonds is 8. The van der Waals surface area contributed by atoms with E-state index in [1.165, 1.54) is 11.3 Å². The number of benzene rings is 1. The van der Waals surface area contributed by atoms with Gasteiger partial charge < -0.3 is 4.90 Å². The molecule has 2 bridgehead atoms. The number of likely N-dealkylation sites (tertiary alicyclic amines) is 2. The number of aromatic nitrogens is 1. The van der Waals surface area contributed by atoms with Crippen molar-refractivity contribution in [3.05, 3.63) is 40.9 Å². The predicted octanol–water partition coefficient (Wildman–Crippen LogP) is 2.32. The van der Waals surface area contributed by atoms with Crippen molar-refractivity contribution in [2.24, 2.45) is 5.10 Å². The van der Waals surface area contributed by atoms with E-state index in [1.807, 2.05) is 9.91 Å². The lowest BCUT2D eigenvalue weighted by Crippen LogP contribution is -2.47. The van der Waals surface area contributed by atoms with Crippen LogP contribution in [0.25, 0.3) is 0 Å². The molecule has 10 nitrogen and oxygen atoms in total. The van der Waals surface area contributed by atoms with E-state index in [0.717, 1.165) is 56.9 Å². The first kappa shape index (κ1) is 25.4. The monoisotopic (exact) mass is 556 g/mol. The van der Waals surface area contributed by atoms with Crippen molar-refractivity contribution < 1.29 is 18.0 Å². The molecule has 4 heterocycles. The summed E-state index contributed by atoms with van der Waals surface area (Å²) in [5, 5.41) is 9.67. The molecule has 0 radical (unpaired) electrons. The number of fused-ring (bicyclic) bond motifs is 2. The van der Waals surface area contributed by atoms with Gasteiger partial charge in [-0.2, -0.15) is 5.10 Å². The fourth-order valence-electron chi connectivity index (χ4n) is 5.67. The summed E-state index contributed by atoms with van der Waals surface area (Å²) in [5.74, 6) is -0.224. The molecule has 12 heteroatoms. The van der Waals surface area contributed by atoms with Crippen LogP contribution in [0.5, 0.6) is 0 Å². The number of hydrogen-bond donors (Lipinski definition) is 1. The summed E-state index contributed by atoms with van der Waals surface area (Å²) in [7, 11) is -3.30. The molecule has 38 heavy (non-hydrogen) atoms. The molecule has 0 unspecified atom stereocenters. The lowest BCUT2D eigenvalue weighted by molar-refractivity contribution is -0.131. The third-order valence-electron chi connectivity index (χ3n) is 7.85. The van der Waals surface area contributed by atoms with E-state index in [0.29, 0.717) is 35.6 Å². The second-order valence-corrected chi connectivity index (χ2v) is 14.0. The molecule has 0 spiro atoms. The van der Waals surface area contributed by atoms with E-state index in [2.05, 4.69) is 20.3 Å². The summed E-state index contributed by atoms with van der Waals surface area (Å²) in [4.78, 5) is 35.3. The summed E-state index contributed by atoms with van der Waals surface area (Å²) in [6.45, 7) is 5.58. The number of hydrogen-bond acceptors (Lipinski definition) is 9. The van der Waals surface area contributed by atoms with Crippen molar-refractivity contribution in [2.45, 2.75) is 67.8 Å². The van der Waals surface area contributed by atoms with E-state index in [9.17, 15) is 18.0 Å². The van der Waals surface area contributed by atoms with Gasteiger partial charge in [-0.15, -0.1) is 11.3 Å². The Bertz CT molecular complexity index is 1360. The number of piperazine rings is 1. The molecule has 1 saturated carbocycles. The van der Waals surface area contributed by atoms with Crippen molar-refractivity contribution in [2.75, 3.05) is 31.5 Å². The van der Waals surface area contributed by atoms with Crippen LogP contribution in [0, 0.1) is 0 Å². The maximum atomic E-state index is 13.4. The van der Waals surface area contributed by atoms with Gasteiger partial charge in [-0.05, 0) is 44.2 Å². The summed E-state index contributed by atoms with van der Waals surface area (Å²) < 4.78 is 25.2. The standard InChI is InChI=1S/C26H32N6O4S2/c1-17(33)32-15-19-12-20(32)14-30(19)16-21-13-27-26(37-21)28-25(34)24(29-31-10-2-3-11-31)18-4-6-22(7-5-18)38(35,36)23-8-9-23/h4-7,13,19-20,23H,2-3,8-12,14-16H2,1H3,(H,27,28,34)/t19-,20-/m0/s1. The Kier molecular flexibility index (Phi) is 6.73. The molecule has 2 amide bonds. The number of amides is 2. The van der Waals surface area contributed by atoms with E-state index in [1.54, 1.807) is 37.4 Å². The first-order valence-corrected chi connectivity index (χ1v) is 15.6. The molecule has 1 N–H and O–H groups in total. The predicted molar refractivity (Wildman–Crippen MR) is 145 cm³/mol. The molecule has 3 saturated heterocycles. The van der Waals surface area contributed by atoms with Crippen molar-refractivity contribution in [3.63, 3.8) is 0 Å². The second kappa shape index (κ2) is 10.0. The Labute approximate surface area is 226 Å². The average molecular weight is 557 g/mol. The van der Waals surface area contributed by atoms with Gasteiger partial charge in [-0.1, -0.05) is 12.1 Å². The van der Waals surface area contributed by atoms with Gasteiger partial charge in [0.25, 0.3) is 5.91 Å². The summed E-state index contributed by atoms with van der Waals surface area (Å²) >= 11 is 1.44. The van der Waals surface area contributed by atoms with Gasteiger partial charge >= 0.3 is 0 Å². The summed E-state index contributed by atoms with van der Waals surface area (Å²) in [6.07, 6.45) is 6.27. The van der Waals surface area contributed by atoms with Crippen LogP contribution in [0.2, 0.25) is 0 Å². The van der Waals surface area contributed by atoms with Crippen molar-refractivity contribution in [3.8, 4) is 0 Å². The first-order chi connectivity index (χ1) is 18.3. The SMILES string of the molecule is CC(=O)N1C[C@@H]2C[C@H]1CN2Cc1cnc(NC(=O)C(=NN2CCCC2)c2ccc(S(=O)(=O)C3CC3)cc2)s1. The minimum absolute atomic E-state index is 0.144. The highest BCUT2D eigenvalue weighted by atomic mass is 32.2. The zero-order chi connectivity index (χ0) is 26.4. The summed E-state index contributed by atoms with van der Waals surface area (Å²) in [6, 6.07) is 7.16. The van der Waals surface area contributed by atoms with Crippen LogP contribution in [0.4, 0.5) is 5.13 Å². The lowest BCUT2D eigenvalue weighted by Gasteiger charge is -2.33. The zero-order valence-electron chi connectivity index (χ0n) is 21.4. The van der Waals surface area contributed by atoms with Crippen LogP contribution < -0.4 is 5.32 Å². The Hall–Kier alpha value is -2.83. The fourth-order valence-corrected chi connectivity index (χ4v) is 8.16. The average Bonchev–Trinajstić information content (AvgIpc) is 3.22. The topological polar surface area (TPSA) is 115 Å². The van der Waals surface area contributed by atoms with Crippen LogP contribution in [-0.2, 0) is 26.0 Å². The molecular weight excluding hydrogens is 524 g/mol. The number of anilines is 1. The minimum atomic E-state index is -3.30. The molecule has 3 aliphatic heterocycles. The number of carbonyl (C=O) groups is 2. The quantitative estimate of drug-likeness (QED) is 0.496. The van der Waals surface area contributed by atoms with Crippen molar-refractivity contribution in [1.29, 1.82) is 0 Å². The smallest absolute Gasteiger partial charge is 0.278 e. The van der Waals surface area contributed by atoms with Crippen LogP contribution in [0.3, 0.4) is 0 Å². The highest BCUT2D eigenvalue weighted by Crippen LogP contribution is 2.34. The van der Waals surface area contributed by atoms with E-state index in [-0.39, 0.29) is 27.7 Å². The van der Waals surface area contributed by atoms with Crippen LogP contribution in [0.1, 0.15) is 49.5 Å². The van der Waals surface area contributed by atoms with Gasteiger partial charge in [0.05, 0.1) is 10.1 Å². The van der Waals surface area contributed by atoms with Gasteiger partial charge in [0.2, 0.25) is 5.91 Å². The Morgan fingerprint density at radius 3 is 2.47 bits per heavy atom. The maximum absolute atomic E-state index is 13.4. The lowest BCUT2D eigenvalue weighted by atomic mass is 10.1. The fraction of sp³-hybridized carbons (Fsp3) is 0.538. The van der Waals surface area contributed by atoms with Gasteiger partial charge in [-0.3, -0.25) is 24.8 Å². The number of nitrogens with zero attached hydrogens (tertiary/aromatic N) is 5. The van der Waals surface area contributed by atoms with Gasteiger partial charge in [-0.25, -0.2) is 13.4 Å². The number of sulfone groups is 1. The highest BCUT2D eigenvalue weighted by Gasteiger charge is 2.44. The largest absolute Gasteiger partial charge is 0.337 e. The molecule has 202 valence electrons. The molecule has 1 aromatic heterocycles. The normalized spacial score (nSPS) is 23.9. The third kappa shape index (κ3) is 5.08. The number of carbonyl (C=O) groups excluding carboxylic acids is 2. The highest BCUT2D eigenvalue weighted by molar-refractivity contribution is 7.92. The molecule has 1 aliphatic carbocycles. The van der Waals surface area contributed by atoms with Crippen LogP contribution in [-0.4, -0.2) is 89.2 Å². The molecular formula is C26H32N6O4S2. The maximum Gasteiger partial charge on any atom is 0.278 e. The van der Waals surface area contributed by atoms with Crippen molar-refractivity contribution in [1.82, 2.24) is 19.8 Å². The molecule has 2 aromatic rings. The minimum Gasteiger partial charge on any atom is -0.337 e. The van der Waals surface area contributed by atoms with E-state index >= 15 is 0 Å². The number of thiazole rings is 1. The van der Waals surface area contributed by atoms with Crippen LogP contribution in [0.15, 0.2) is 40.5 Å². The summed E-state index contributed by atoms with van der Waals surface area (Å²) in [5.41, 5.74) is 0.823. The molecule has 1 aromatic carbocycles. The van der Waals surface area contributed by atoms with Crippen molar-refractivity contribution >= 4 is 43.8 Å². The zero-order valence-corrected chi connectivity index (χ0v) is 23.0. The van der Waals surface area contributed by atoms with Crippen LogP contribution >= 0.6 is 11.3 Å². The molecule has 4 fully saturated rings. The second-order valence-electron chi connectivity index (χ2n) is 10.6. The van der Waals surface area contributed by atoms with E-state index < -0.39 is 9.84 Å².